The molecular weight excluding hydrogens is 210 g/mol. The predicted octanol–water partition coefficient (Wildman–Crippen LogP) is 3.28. The van der Waals surface area contributed by atoms with E-state index < -0.39 is 4.92 Å². The first kappa shape index (κ1) is 10.3. The zero-order valence-corrected chi connectivity index (χ0v) is 8.78. The molecule has 0 aliphatic rings. The Morgan fingerprint density at radius 3 is 2.62 bits per heavy atom. The molecule has 0 saturated carbocycles. The van der Waals surface area contributed by atoms with Crippen molar-refractivity contribution in [3.8, 4) is 0 Å². The highest BCUT2D eigenvalue weighted by Gasteiger charge is 2.19. The molecule has 0 aliphatic carbocycles. The minimum atomic E-state index is -0.443. The molecule has 0 aliphatic heterocycles. The van der Waals surface area contributed by atoms with E-state index in [-0.39, 0.29) is 10.7 Å². The molecule has 0 heterocycles. The quantitative estimate of drug-likeness (QED) is 0.434. The molecule has 0 unspecified atom stereocenters. The average Bonchev–Trinajstić information content (AvgIpc) is 2.08. The Balaban J connectivity index is 3.41. The second kappa shape index (κ2) is 3.98. The second-order valence-corrected chi connectivity index (χ2v) is 3.73. The Kier molecular flexibility index (Phi) is 3.17. The summed E-state index contributed by atoms with van der Waals surface area (Å²) in [6.45, 7) is 1.75. The average molecular weight is 218 g/mol. The smallest absolute Gasteiger partial charge is 0.258 e. The van der Waals surface area contributed by atoms with Gasteiger partial charge in [0.05, 0.1) is 9.82 Å². The summed E-state index contributed by atoms with van der Waals surface area (Å²) >= 11 is 7.14. The van der Waals surface area contributed by atoms with Crippen molar-refractivity contribution in [1.29, 1.82) is 0 Å². The van der Waals surface area contributed by atoms with Crippen molar-refractivity contribution in [2.45, 2.75) is 11.8 Å². The first-order chi connectivity index (χ1) is 6.07. The van der Waals surface area contributed by atoms with Crippen LogP contribution >= 0.6 is 23.4 Å². The van der Waals surface area contributed by atoms with Crippen LogP contribution in [0.25, 0.3) is 0 Å². The standard InChI is InChI=1S/C8H8ClNO2S/c1-5-3-4-6(13-2)8(7(5)9)10(11)12/h3-4H,1-2H3. The van der Waals surface area contributed by atoms with Gasteiger partial charge in [0, 0.05) is 0 Å². The fourth-order valence-electron chi connectivity index (χ4n) is 0.983. The summed E-state index contributed by atoms with van der Waals surface area (Å²) in [5.74, 6) is 0. The summed E-state index contributed by atoms with van der Waals surface area (Å²) in [4.78, 5) is 10.8. The third kappa shape index (κ3) is 1.95. The van der Waals surface area contributed by atoms with E-state index in [1.807, 2.05) is 0 Å². The van der Waals surface area contributed by atoms with E-state index in [2.05, 4.69) is 0 Å². The molecular formula is C8H8ClNO2S. The van der Waals surface area contributed by atoms with Gasteiger partial charge in [-0.3, -0.25) is 10.1 Å². The van der Waals surface area contributed by atoms with Crippen molar-refractivity contribution in [2.75, 3.05) is 6.26 Å². The van der Waals surface area contributed by atoms with Crippen molar-refractivity contribution in [3.63, 3.8) is 0 Å². The normalized spacial score (nSPS) is 10.1. The summed E-state index contributed by atoms with van der Waals surface area (Å²) in [5.41, 5.74) is 0.736. The predicted molar refractivity (Wildman–Crippen MR) is 54.6 cm³/mol. The number of nitrogens with zero attached hydrogens (tertiary/aromatic N) is 1. The first-order valence-corrected chi connectivity index (χ1v) is 5.15. The minimum Gasteiger partial charge on any atom is -0.258 e. The SMILES string of the molecule is CSc1ccc(C)c(Cl)c1[N+](=O)[O-]. The molecule has 70 valence electrons. The number of nitro benzene ring substituents is 1. The van der Waals surface area contributed by atoms with Gasteiger partial charge < -0.3 is 0 Å². The molecule has 0 N–H and O–H groups in total. The van der Waals surface area contributed by atoms with Gasteiger partial charge in [0.1, 0.15) is 5.02 Å². The molecule has 1 rings (SSSR count). The molecule has 0 spiro atoms. The molecule has 1 aromatic rings. The minimum absolute atomic E-state index is 0.00849. The summed E-state index contributed by atoms with van der Waals surface area (Å²) in [7, 11) is 0. The van der Waals surface area contributed by atoms with Crippen LogP contribution in [0.3, 0.4) is 0 Å². The van der Waals surface area contributed by atoms with Gasteiger partial charge >= 0.3 is 5.69 Å². The van der Waals surface area contributed by atoms with Crippen LogP contribution in [0.15, 0.2) is 17.0 Å². The Hall–Kier alpha value is -0.740. The lowest BCUT2D eigenvalue weighted by Crippen LogP contribution is -1.93. The molecule has 0 bridgehead atoms. The molecule has 13 heavy (non-hydrogen) atoms. The third-order valence-electron chi connectivity index (χ3n) is 1.67. The monoisotopic (exact) mass is 217 g/mol. The molecule has 0 fully saturated rings. The highest BCUT2D eigenvalue weighted by molar-refractivity contribution is 7.98. The number of thioether (sulfide) groups is 1. The fraction of sp³-hybridized carbons (Fsp3) is 0.250. The van der Waals surface area contributed by atoms with E-state index in [4.69, 9.17) is 11.6 Å². The van der Waals surface area contributed by atoms with Crippen molar-refractivity contribution < 1.29 is 4.92 Å². The number of rotatable bonds is 2. The molecule has 1 aromatic carbocycles. The van der Waals surface area contributed by atoms with Gasteiger partial charge in [-0.1, -0.05) is 17.7 Å². The van der Waals surface area contributed by atoms with E-state index in [0.717, 1.165) is 5.56 Å². The van der Waals surface area contributed by atoms with Crippen molar-refractivity contribution in [1.82, 2.24) is 0 Å². The Labute approximate surface area is 85.2 Å². The van der Waals surface area contributed by atoms with Crippen LogP contribution in [0.5, 0.6) is 0 Å². The Morgan fingerprint density at radius 1 is 1.54 bits per heavy atom. The van der Waals surface area contributed by atoms with Crippen molar-refractivity contribution in [3.05, 3.63) is 32.8 Å². The van der Waals surface area contributed by atoms with Crippen LogP contribution in [-0.4, -0.2) is 11.2 Å². The lowest BCUT2D eigenvalue weighted by Gasteiger charge is -2.03. The third-order valence-corrected chi connectivity index (χ3v) is 2.92. The van der Waals surface area contributed by atoms with E-state index in [9.17, 15) is 10.1 Å². The van der Waals surface area contributed by atoms with Gasteiger partial charge in [-0.25, -0.2) is 0 Å². The van der Waals surface area contributed by atoms with Gasteiger partial charge in [0.15, 0.2) is 0 Å². The van der Waals surface area contributed by atoms with Gasteiger partial charge in [-0.15, -0.1) is 11.8 Å². The highest BCUT2D eigenvalue weighted by Crippen LogP contribution is 2.36. The van der Waals surface area contributed by atoms with E-state index >= 15 is 0 Å². The second-order valence-electron chi connectivity index (χ2n) is 2.50. The first-order valence-electron chi connectivity index (χ1n) is 3.55. The molecule has 3 nitrogen and oxygen atoms in total. The van der Waals surface area contributed by atoms with Crippen LogP contribution in [-0.2, 0) is 0 Å². The molecule has 0 amide bonds. The van der Waals surface area contributed by atoms with E-state index in [0.29, 0.717) is 4.90 Å². The summed E-state index contributed by atoms with van der Waals surface area (Å²) < 4.78 is 0. The number of nitro groups is 1. The lowest BCUT2D eigenvalue weighted by atomic mass is 10.2. The number of aryl methyl sites for hydroxylation is 1. The largest absolute Gasteiger partial charge is 0.301 e. The molecule has 0 saturated heterocycles. The van der Waals surface area contributed by atoms with Crippen LogP contribution in [0.1, 0.15) is 5.56 Å². The fourth-order valence-corrected chi connectivity index (χ4v) is 1.85. The number of hydrogen-bond acceptors (Lipinski definition) is 3. The van der Waals surface area contributed by atoms with Crippen LogP contribution in [0.2, 0.25) is 5.02 Å². The van der Waals surface area contributed by atoms with Crippen LogP contribution in [0.4, 0.5) is 5.69 Å². The molecule has 0 aromatic heterocycles. The zero-order valence-electron chi connectivity index (χ0n) is 7.20. The Bertz CT molecular complexity index is 354. The summed E-state index contributed by atoms with van der Waals surface area (Å²) in [6, 6.07) is 3.49. The maximum absolute atomic E-state index is 10.7. The van der Waals surface area contributed by atoms with Gasteiger partial charge in [0.2, 0.25) is 0 Å². The van der Waals surface area contributed by atoms with Crippen molar-refractivity contribution in [2.24, 2.45) is 0 Å². The zero-order chi connectivity index (χ0) is 10.0. The molecule has 0 atom stereocenters. The summed E-state index contributed by atoms with van der Waals surface area (Å²) in [5, 5.41) is 10.9. The van der Waals surface area contributed by atoms with Gasteiger partial charge in [0.25, 0.3) is 0 Å². The van der Waals surface area contributed by atoms with E-state index in [1.54, 1.807) is 25.3 Å². The molecule has 5 heteroatoms. The van der Waals surface area contributed by atoms with Gasteiger partial charge in [-0.2, -0.15) is 0 Å². The van der Waals surface area contributed by atoms with Crippen LogP contribution in [0, 0.1) is 17.0 Å². The summed E-state index contributed by atoms with van der Waals surface area (Å²) in [6.07, 6.45) is 1.79. The maximum Gasteiger partial charge on any atom is 0.301 e. The molecule has 0 radical (unpaired) electrons. The van der Waals surface area contributed by atoms with E-state index in [1.165, 1.54) is 11.8 Å². The lowest BCUT2D eigenvalue weighted by molar-refractivity contribution is -0.387. The number of hydrogen-bond donors (Lipinski definition) is 0. The number of benzene rings is 1. The topological polar surface area (TPSA) is 43.1 Å². The van der Waals surface area contributed by atoms with Gasteiger partial charge in [-0.05, 0) is 24.8 Å². The highest BCUT2D eigenvalue weighted by atomic mass is 35.5. The van der Waals surface area contributed by atoms with Crippen molar-refractivity contribution >= 4 is 29.1 Å². The maximum atomic E-state index is 10.7. The number of halogens is 1. The Morgan fingerprint density at radius 2 is 2.15 bits per heavy atom. The van der Waals surface area contributed by atoms with Crippen LogP contribution < -0.4 is 0 Å².